The lowest BCUT2D eigenvalue weighted by Crippen LogP contribution is -1.84. The maximum absolute atomic E-state index is 4.87. The van der Waals surface area contributed by atoms with Gasteiger partial charge in [0.25, 0.3) is 0 Å². The van der Waals surface area contributed by atoms with Crippen LogP contribution in [0, 0.1) is 6.92 Å². The lowest BCUT2D eigenvalue weighted by atomic mass is 10.0. The van der Waals surface area contributed by atoms with Crippen LogP contribution < -0.4 is 0 Å². The summed E-state index contributed by atoms with van der Waals surface area (Å²) in [6.07, 6.45) is 5.55. The largest absolute Gasteiger partial charge is 0.336 e. The number of nitrogens with zero attached hydrogens (tertiary/aromatic N) is 4. The van der Waals surface area contributed by atoms with E-state index in [-0.39, 0.29) is 0 Å². The van der Waals surface area contributed by atoms with Crippen LogP contribution in [0.1, 0.15) is 5.56 Å². The molecule has 0 aliphatic heterocycles. The summed E-state index contributed by atoms with van der Waals surface area (Å²) in [6.45, 7) is 2.05. The van der Waals surface area contributed by atoms with E-state index in [9.17, 15) is 0 Å². The summed E-state index contributed by atoms with van der Waals surface area (Å²) >= 11 is 1.65. The van der Waals surface area contributed by atoms with Crippen LogP contribution in [-0.4, -0.2) is 30.1 Å². The maximum atomic E-state index is 4.87. The summed E-state index contributed by atoms with van der Waals surface area (Å²) in [4.78, 5) is 17.2. The molecule has 0 aliphatic rings. The molecule has 144 valence electrons. The highest BCUT2D eigenvalue weighted by Gasteiger charge is 2.16. The Balaban J connectivity index is 1.52. The lowest BCUT2D eigenvalue weighted by Gasteiger charge is -2.03. The number of pyridine rings is 2. The van der Waals surface area contributed by atoms with Crippen molar-refractivity contribution in [3.63, 3.8) is 0 Å². The van der Waals surface area contributed by atoms with Crippen molar-refractivity contribution in [2.24, 2.45) is 0 Å². The molecule has 6 aromatic rings. The zero-order chi connectivity index (χ0) is 20.1. The molecule has 0 saturated carbocycles. The number of nitrogens with one attached hydrogen (secondary N) is 2. The number of imidazole rings is 1. The molecule has 0 bridgehead atoms. The molecule has 6 nitrogen and oxygen atoms in total. The molecule has 5 aromatic heterocycles. The fourth-order valence-corrected chi connectivity index (χ4v) is 4.39. The number of thiophene rings is 1. The number of H-pyrrole nitrogens is 2. The molecule has 6 rings (SSSR count). The monoisotopic (exact) mass is 408 g/mol. The third kappa shape index (κ3) is 2.71. The van der Waals surface area contributed by atoms with Crippen LogP contribution in [0.3, 0.4) is 0 Å². The molecule has 0 saturated heterocycles. The van der Waals surface area contributed by atoms with Gasteiger partial charge in [-0.05, 0) is 53.8 Å². The number of aromatic nitrogens is 6. The predicted octanol–water partition coefficient (Wildman–Crippen LogP) is 5.60. The molecule has 0 spiro atoms. The normalized spacial score (nSPS) is 11.5. The highest BCUT2D eigenvalue weighted by atomic mass is 32.1. The molecular formula is C23H16N6S. The van der Waals surface area contributed by atoms with Crippen LogP contribution in [0.2, 0.25) is 0 Å². The van der Waals surface area contributed by atoms with Gasteiger partial charge in [0, 0.05) is 40.5 Å². The number of benzene rings is 1. The molecule has 0 atom stereocenters. The Hall–Kier alpha value is -3.84. The maximum Gasteiger partial charge on any atom is 0.159 e. The first kappa shape index (κ1) is 17.1. The zero-order valence-electron chi connectivity index (χ0n) is 16.0. The molecule has 5 heterocycles. The summed E-state index contributed by atoms with van der Waals surface area (Å²) in [5.41, 5.74) is 8.80. The van der Waals surface area contributed by atoms with E-state index in [4.69, 9.17) is 4.98 Å². The van der Waals surface area contributed by atoms with Crippen molar-refractivity contribution in [3.8, 4) is 33.9 Å². The van der Waals surface area contributed by atoms with E-state index in [0.717, 1.165) is 61.4 Å². The minimum absolute atomic E-state index is 0.722. The van der Waals surface area contributed by atoms with E-state index in [1.54, 1.807) is 11.3 Å². The molecule has 0 radical (unpaired) electrons. The Labute approximate surface area is 175 Å². The van der Waals surface area contributed by atoms with Gasteiger partial charge in [0.1, 0.15) is 11.2 Å². The highest BCUT2D eigenvalue weighted by molar-refractivity contribution is 7.08. The average Bonchev–Trinajstić information content (AvgIpc) is 3.51. The number of fused-ring (bicyclic) bond motifs is 2. The van der Waals surface area contributed by atoms with Gasteiger partial charge in [-0.15, -0.1) is 0 Å². The minimum Gasteiger partial charge on any atom is -0.336 e. The molecule has 0 unspecified atom stereocenters. The van der Waals surface area contributed by atoms with E-state index in [0.29, 0.717) is 0 Å². The van der Waals surface area contributed by atoms with Crippen LogP contribution in [0.5, 0.6) is 0 Å². The minimum atomic E-state index is 0.722. The van der Waals surface area contributed by atoms with Crippen LogP contribution in [0.15, 0.2) is 65.7 Å². The molecule has 0 aliphatic carbocycles. The van der Waals surface area contributed by atoms with Crippen LogP contribution in [0.4, 0.5) is 0 Å². The fourth-order valence-electron chi connectivity index (χ4n) is 3.74. The summed E-state index contributed by atoms with van der Waals surface area (Å²) in [6, 6.07) is 12.4. The molecule has 2 N–H and O–H groups in total. The van der Waals surface area contributed by atoms with E-state index in [1.165, 1.54) is 0 Å². The van der Waals surface area contributed by atoms with Gasteiger partial charge in [-0.3, -0.25) is 15.1 Å². The summed E-state index contributed by atoms with van der Waals surface area (Å²) in [5.74, 6) is 0.722. The number of aromatic amines is 2. The Morgan fingerprint density at radius 3 is 2.73 bits per heavy atom. The van der Waals surface area contributed by atoms with Gasteiger partial charge in [0.15, 0.2) is 5.82 Å². The van der Waals surface area contributed by atoms with Crippen LogP contribution in [0.25, 0.3) is 55.8 Å². The first-order valence-corrected chi connectivity index (χ1v) is 10.5. The van der Waals surface area contributed by atoms with Crippen molar-refractivity contribution in [2.45, 2.75) is 6.92 Å². The quantitative estimate of drug-likeness (QED) is 0.399. The van der Waals surface area contributed by atoms with Gasteiger partial charge in [-0.1, -0.05) is 6.07 Å². The predicted molar refractivity (Wildman–Crippen MR) is 120 cm³/mol. The fraction of sp³-hybridized carbons (Fsp3) is 0.0435. The second kappa shape index (κ2) is 6.60. The van der Waals surface area contributed by atoms with Gasteiger partial charge in [-0.2, -0.15) is 16.4 Å². The summed E-state index contributed by atoms with van der Waals surface area (Å²) in [7, 11) is 0. The third-order valence-electron chi connectivity index (χ3n) is 5.19. The van der Waals surface area contributed by atoms with Crippen LogP contribution in [-0.2, 0) is 0 Å². The highest BCUT2D eigenvalue weighted by Crippen LogP contribution is 2.32. The van der Waals surface area contributed by atoms with Crippen molar-refractivity contribution < 1.29 is 0 Å². The molecular weight excluding hydrogens is 392 g/mol. The number of aryl methyl sites for hydroxylation is 1. The van der Waals surface area contributed by atoms with E-state index >= 15 is 0 Å². The van der Waals surface area contributed by atoms with Gasteiger partial charge in [-0.25, -0.2) is 4.98 Å². The lowest BCUT2D eigenvalue weighted by molar-refractivity contribution is 1.11. The molecule has 30 heavy (non-hydrogen) atoms. The van der Waals surface area contributed by atoms with Crippen molar-refractivity contribution >= 4 is 33.3 Å². The molecule has 7 heteroatoms. The summed E-state index contributed by atoms with van der Waals surface area (Å²) < 4.78 is 0. The van der Waals surface area contributed by atoms with E-state index in [1.807, 2.05) is 43.0 Å². The number of hydrogen-bond acceptors (Lipinski definition) is 5. The topological polar surface area (TPSA) is 83.1 Å². The van der Waals surface area contributed by atoms with E-state index < -0.39 is 0 Å². The Morgan fingerprint density at radius 2 is 1.87 bits per heavy atom. The second-order valence-electron chi connectivity index (χ2n) is 7.24. The van der Waals surface area contributed by atoms with Crippen molar-refractivity contribution in [1.29, 1.82) is 0 Å². The van der Waals surface area contributed by atoms with Crippen molar-refractivity contribution in [3.05, 3.63) is 71.3 Å². The Bertz CT molecular complexity index is 1510. The second-order valence-corrected chi connectivity index (χ2v) is 8.02. The Morgan fingerprint density at radius 1 is 0.900 bits per heavy atom. The average molecular weight is 408 g/mol. The molecule has 0 amide bonds. The molecule has 1 aromatic carbocycles. The van der Waals surface area contributed by atoms with Crippen molar-refractivity contribution in [1.82, 2.24) is 30.1 Å². The number of hydrogen-bond donors (Lipinski definition) is 2. The van der Waals surface area contributed by atoms with Gasteiger partial charge >= 0.3 is 0 Å². The Kier molecular flexibility index (Phi) is 3.75. The SMILES string of the molecule is Cc1cncc(-c2ccc3[nH]nc(-c4nc5c(-c6ccsc6)nccc5[nH]4)c3c2)c1. The van der Waals surface area contributed by atoms with Gasteiger partial charge < -0.3 is 4.98 Å². The molecule has 0 fully saturated rings. The van der Waals surface area contributed by atoms with Crippen molar-refractivity contribution in [2.75, 3.05) is 0 Å². The zero-order valence-corrected chi connectivity index (χ0v) is 16.9. The standard InChI is InChI=1S/C23H16N6S/c1-13-8-16(11-24-10-13)14-2-3-18-17(9-14)21(29-28-18)23-26-19-4-6-25-20(22(19)27-23)15-5-7-30-12-15/h2-12H,1H3,(H,26,27)(H,28,29). The smallest absolute Gasteiger partial charge is 0.159 e. The van der Waals surface area contributed by atoms with E-state index in [2.05, 4.69) is 54.8 Å². The first-order chi connectivity index (χ1) is 14.8. The third-order valence-corrected chi connectivity index (χ3v) is 5.87. The van der Waals surface area contributed by atoms with Gasteiger partial charge in [0.05, 0.1) is 16.7 Å². The van der Waals surface area contributed by atoms with Crippen LogP contribution >= 0.6 is 11.3 Å². The first-order valence-electron chi connectivity index (χ1n) is 9.54. The summed E-state index contributed by atoms with van der Waals surface area (Å²) in [5, 5.41) is 12.8. The van der Waals surface area contributed by atoms with Gasteiger partial charge in [0.2, 0.25) is 0 Å². The number of rotatable bonds is 3.